The molecule has 0 aromatic heterocycles. The first-order valence-corrected chi connectivity index (χ1v) is 11.1. The quantitative estimate of drug-likeness (QED) is 0.331. The largest absolute Gasteiger partial charge is 0.435 e. The summed E-state index contributed by atoms with van der Waals surface area (Å²) < 4.78 is 85.0. The third-order valence-electron chi connectivity index (χ3n) is 4.60. The van der Waals surface area contributed by atoms with Crippen LogP contribution in [0.15, 0.2) is 52.5 Å². The number of carbonyl (C=O) groups excluding carboxylic acids is 1. The van der Waals surface area contributed by atoms with E-state index in [9.17, 15) is 30.8 Å². The Morgan fingerprint density at radius 2 is 1.73 bits per heavy atom. The Hall–Kier alpha value is -3.19. The molecule has 0 unspecified atom stereocenters. The van der Waals surface area contributed by atoms with Gasteiger partial charge in [-0.3, -0.25) is 4.79 Å². The number of halogens is 4. The molecule has 0 atom stereocenters. The summed E-state index contributed by atoms with van der Waals surface area (Å²) in [6.07, 6.45) is 2.49. The molecule has 1 fully saturated rings. The van der Waals surface area contributed by atoms with Crippen molar-refractivity contribution in [2.24, 2.45) is 5.10 Å². The number of hydrogen-bond donors (Lipinski definition) is 1. The van der Waals surface area contributed by atoms with Crippen LogP contribution in [-0.2, 0) is 10.0 Å². The number of nitrogens with one attached hydrogen (secondary N) is 1. The lowest BCUT2D eigenvalue weighted by Crippen LogP contribution is -2.28. The highest BCUT2D eigenvalue weighted by molar-refractivity contribution is 7.89. The number of ether oxygens (including phenoxy) is 2. The molecule has 2 aromatic carbocycles. The molecular formula is C20H19F4N3O5S. The smallest absolute Gasteiger partial charge is 0.387 e. The fourth-order valence-electron chi connectivity index (χ4n) is 3.10. The molecule has 0 saturated carbocycles. The molecule has 1 saturated heterocycles. The predicted molar refractivity (Wildman–Crippen MR) is 109 cm³/mol. The van der Waals surface area contributed by atoms with E-state index in [0.29, 0.717) is 13.1 Å². The minimum absolute atomic E-state index is 0.0113. The van der Waals surface area contributed by atoms with Gasteiger partial charge in [-0.25, -0.2) is 13.8 Å². The van der Waals surface area contributed by atoms with Crippen molar-refractivity contribution in [3.63, 3.8) is 0 Å². The number of hydrogen-bond acceptors (Lipinski definition) is 6. The lowest BCUT2D eigenvalue weighted by molar-refractivity contribution is -0.0543. The molecule has 1 aliphatic heterocycles. The van der Waals surface area contributed by atoms with Crippen LogP contribution in [0.3, 0.4) is 0 Å². The van der Waals surface area contributed by atoms with E-state index in [2.05, 4.69) is 20.0 Å². The first-order valence-electron chi connectivity index (χ1n) is 9.64. The van der Waals surface area contributed by atoms with Crippen LogP contribution in [0.4, 0.5) is 17.6 Å². The summed E-state index contributed by atoms with van der Waals surface area (Å²) in [7, 11) is -3.73. The molecule has 178 valence electrons. The van der Waals surface area contributed by atoms with Crippen LogP contribution in [0, 0.1) is 0 Å². The van der Waals surface area contributed by atoms with Crippen molar-refractivity contribution in [1.29, 1.82) is 0 Å². The molecule has 1 aliphatic rings. The fourth-order valence-corrected chi connectivity index (χ4v) is 4.66. The van der Waals surface area contributed by atoms with E-state index < -0.39 is 40.7 Å². The predicted octanol–water partition coefficient (Wildman–Crippen LogP) is 3.44. The normalized spacial score (nSPS) is 14.8. The van der Waals surface area contributed by atoms with Crippen LogP contribution in [0.25, 0.3) is 0 Å². The van der Waals surface area contributed by atoms with Gasteiger partial charge < -0.3 is 9.47 Å². The van der Waals surface area contributed by atoms with Gasteiger partial charge in [0.25, 0.3) is 5.91 Å². The fraction of sp³-hybridized carbons (Fsp3) is 0.300. The van der Waals surface area contributed by atoms with Crippen LogP contribution in [0.2, 0.25) is 0 Å². The highest BCUT2D eigenvalue weighted by Crippen LogP contribution is 2.26. The first-order chi connectivity index (χ1) is 15.7. The van der Waals surface area contributed by atoms with Gasteiger partial charge in [0, 0.05) is 30.3 Å². The zero-order valence-corrected chi connectivity index (χ0v) is 17.8. The maximum absolute atomic E-state index is 12.7. The van der Waals surface area contributed by atoms with Gasteiger partial charge in [-0.2, -0.15) is 27.0 Å². The standard InChI is InChI=1S/C20H19F4N3O5S/c21-19(22)31-15-7-6-14(17(11-15)32-20(23)24)12-25-26-18(28)13-4-3-5-16(10-13)33(29,30)27-8-1-2-9-27/h3-7,10-12,19-20H,1-2,8-9H2,(H,26,28)/b25-12+. The second-order valence-electron chi connectivity index (χ2n) is 6.79. The van der Waals surface area contributed by atoms with Crippen molar-refractivity contribution in [3.05, 3.63) is 53.6 Å². The Labute approximate surface area is 186 Å². The topological polar surface area (TPSA) is 97.3 Å². The second-order valence-corrected chi connectivity index (χ2v) is 8.73. The van der Waals surface area contributed by atoms with Gasteiger partial charge in [0.2, 0.25) is 10.0 Å². The second kappa shape index (κ2) is 10.6. The summed E-state index contributed by atoms with van der Waals surface area (Å²) >= 11 is 0. The maximum atomic E-state index is 12.7. The molecular weight excluding hydrogens is 470 g/mol. The third-order valence-corrected chi connectivity index (χ3v) is 6.49. The molecule has 1 N–H and O–H groups in total. The Morgan fingerprint density at radius 1 is 1.03 bits per heavy atom. The number of carbonyl (C=O) groups is 1. The van der Waals surface area contributed by atoms with E-state index >= 15 is 0 Å². The van der Waals surface area contributed by atoms with Gasteiger partial charge in [0.15, 0.2) is 0 Å². The zero-order chi connectivity index (χ0) is 24.0. The first kappa shape index (κ1) is 24.5. The van der Waals surface area contributed by atoms with Crippen LogP contribution in [0.5, 0.6) is 11.5 Å². The summed E-state index contributed by atoms with van der Waals surface area (Å²) in [6, 6.07) is 8.43. The maximum Gasteiger partial charge on any atom is 0.387 e. The van der Waals surface area contributed by atoms with Crippen molar-refractivity contribution < 1.29 is 40.2 Å². The summed E-state index contributed by atoms with van der Waals surface area (Å²) in [4.78, 5) is 12.3. The van der Waals surface area contributed by atoms with E-state index in [1.165, 1.54) is 28.6 Å². The molecule has 33 heavy (non-hydrogen) atoms. The van der Waals surface area contributed by atoms with Gasteiger partial charge in [0.1, 0.15) is 11.5 Å². The van der Waals surface area contributed by atoms with Gasteiger partial charge in [-0.1, -0.05) is 6.07 Å². The molecule has 0 bridgehead atoms. The van der Waals surface area contributed by atoms with Crippen molar-refractivity contribution >= 4 is 22.1 Å². The van der Waals surface area contributed by atoms with E-state index in [1.807, 2.05) is 0 Å². The van der Waals surface area contributed by atoms with Gasteiger partial charge in [-0.15, -0.1) is 0 Å². The number of benzene rings is 2. The minimum atomic E-state index is -3.73. The number of alkyl halides is 4. The van der Waals surface area contributed by atoms with Gasteiger partial charge in [-0.05, 0) is 43.2 Å². The van der Waals surface area contributed by atoms with Crippen LogP contribution >= 0.6 is 0 Å². The van der Waals surface area contributed by atoms with Gasteiger partial charge in [0.05, 0.1) is 11.1 Å². The van der Waals surface area contributed by atoms with Crippen LogP contribution in [0.1, 0.15) is 28.8 Å². The Morgan fingerprint density at radius 3 is 2.39 bits per heavy atom. The Kier molecular flexibility index (Phi) is 7.87. The lowest BCUT2D eigenvalue weighted by atomic mass is 10.2. The highest BCUT2D eigenvalue weighted by atomic mass is 32.2. The van der Waals surface area contributed by atoms with Crippen molar-refractivity contribution in [1.82, 2.24) is 9.73 Å². The number of amides is 1. The Balaban J connectivity index is 1.73. The molecule has 3 rings (SSSR count). The molecule has 0 radical (unpaired) electrons. The SMILES string of the molecule is O=C(N/N=C/c1ccc(OC(F)F)cc1OC(F)F)c1cccc(S(=O)(=O)N2CCCC2)c1. The zero-order valence-electron chi connectivity index (χ0n) is 17.0. The van der Waals surface area contributed by atoms with E-state index in [1.54, 1.807) is 0 Å². The molecule has 0 spiro atoms. The van der Waals surface area contributed by atoms with Crippen LogP contribution in [-0.4, -0.2) is 51.2 Å². The van der Waals surface area contributed by atoms with E-state index in [0.717, 1.165) is 37.3 Å². The summed E-state index contributed by atoms with van der Waals surface area (Å²) in [5.41, 5.74) is 2.11. The highest BCUT2D eigenvalue weighted by Gasteiger charge is 2.27. The lowest BCUT2D eigenvalue weighted by Gasteiger charge is -2.15. The van der Waals surface area contributed by atoms with E-state index in [4.69, 9.17) is 0 Å². The summed E-state index contributed by atoms with van der Waals surface area (Å²) in [5, 5.41) is 3.65. The number of hydrazone groups is 1. The number of nitrogens with zero attached hydrogens (tertiary/aromatic N) is 2. The van der Waals surface area contributed by atoms with E-state index in [-0.39, 0.29) is 16.0 Å². The molecule has 13 heteroatoms. The average molecular weight is 489 g/mol. The minimum Gasteiger partial charge on any atom is -0.435 e. The average Bonchev–Trinajstić information content (AvgIpc) is 3.30. The van der Waals surface area contributed by atoms with Crippen LogP contribution < -0.4 is 14.9 Å². The monoisotopic (exact) mass is 489 g/mol. The van der Waals surface area contributed by atoms with Crippen molar-refractivity contribution in [2.75, 3.05) is 13.1 Å². The summed E-state index contributed by atoms with van der Waals surface area (Å²) in [5.74, 6) is -1.66. The summed E-state index contributed by atoms with van der Waals surface area (Å²) in [6.45, 7) is -5.58. The van der Waals surface area contributed by atoms with Crippen molar-refractivity contribution in [3.8, 4) is 11.5 Å². The van der Waals surface area contributed by atoms with Crippen molar-refractivity contribution in [2.45, 2.75) is 31.0 Å². The molecule has 8 nitrogen and oxygen atoms in total. The molecule has 1 heterocycles. The molecule has 2 aromatic rings. The van der Waals surface area contributed by atoms with Gasteiger partial charge >= 0.3 is 13.2 Å². The molecule has 0 aliphatic carbocycles. The Bertz CT molecular complexity index is 1120. The molecule has 1 amide bonds. The third kappa shape index (κ3) is 6.42. The number of sulfonamides is 1. The number of rotatable bonds is 9.